The first-order chi connectivity index (χ1) is 5.13. The summed E-state index contributed by atoms with van der Waals surface area (Å²) in [6.07, 6.45) is 0. The fourth-order valence-electron chi connectivity index (χ4n) is 1.23. The van der Waals surface area contributed by atoms with Crippen LogP contribution in [0.25, 0.3) is 0 Å². The molecule has 1 aliphatic rings. The average Bonchev–Trinajstić information content (AvgIpc) is 2.33. The van der Waals surface area contributed by atoms with E-state index < -0.39 is 0 Å². The van der Waals surface area contributed by atoms with Crippen LogP contribution in [0.5, 0.6) is 0 Å². The molecule has 0 aromatic heterocycles. The van der Waals surface area contributed by atoms with Gasteiger partial charge in [-0.1, -0.05) is 13.8 Å². The summed E-state index contributed by atoms with van der Waals surface area (Å²) in [5.41, 5.74) is 0. The minimum Gasteiger partial charge on any atom is -0.336 e. The van der Waals surface area contributed by atoms with Crippen molar-refractivity contribution in [3.05, 3.63) is 0 Å². The Kier molecular flexibility index (Phi) is 2.37. The van der Waals surface area contributed by atoms with Crippen molar-refractivity contribution < 1.29 is 4.79 Å². The van der Waals surface area contributed by atoms with Gasteiger partial charge in [-0.25, -0.2) is 4.79 Å². The molecule has 3 heteroatoms. The van der Waals surface area contributed by atoms with Crippen LogP contribution >= 0.6 is 0 Å². The predicted molar refractivity (Wildman–Crippen MR) is 44.4 cm³/mol. The molecule has 1 saturated heterocycles. The Bertz CT molecular complexity index is 156. The third-order valence-corrected chi connectivity index (χ3v) is 2.35. The molecule has 1 fully saturated rings. The predicted octanol–water partition coefficient (Wildman–Crippen LogP) is 1.06. The van der Waals surface area contributed by atoms with E-state index in [2.05, 4.69) is 26.1 Å². The van der Waals surface area contributed by atoms with Gasteiger partial charge < -0.3 is 10.2 Å². The topological polar surface area (TPSA) is 32.3 Å². The standard InChI is InChI=1S/C8H16N2O/c1-6(2)7(3)10-5-4-9-8(10)11/h6-7H,4-5H2,1-3H3,(H,9,11). The first-order valence-corrected chi connectivity index (χ1v) is 4.17. The maximum atomic E-state index is 11.1. The molecule has 3 nitrogen and oxygen atoms in total. The van der Waals surface area contributed by atoms with Crippen LogP contribution in [0.15, 0.2) is 0 Å². The second-order valence-electron chi connectivity index (χ2n) is 3.41. The highest BCUT2D eigenvalue weighted by atomic mass is 16.2. The summed E-state index contributed by atoms with van der Waals surface area (Å²) in [5, 5.41) is 2.79. The summed E-state index contributed by atoms with van der Waals surface area (Å²) in [4.78, 5) is 13.0. The maximum absolute atomic E-state index is 11.1. The van der Waals surface area contributed by atoms with Crippen LogP contribution in [0.2, 0.25) is 0 Å². The average molecular weight is 156 g/mol. The number of nitrogens with zero attached hydrogens (tertiary/aromatic N) is 1. The lowest BCUT2D eigenvalue weighted by molar-refractivity contribution is 0.186. The highest BCUT2D eigenvalue weighted by Gasteiger charge is 2.25. The lowest BCUT2D eigenvalue weighted by Crippen LogP contribution is -2.39. The van der Waals surface area contributed by atoms with E-state index >= 15 is 0 Å². The van der Waals surface area contributed by atoms with Gasteiger partial charge in [0.25, 0.3) is 0 Å². The second-order valence-corrected chi connectivity index (χ2v) is 3.41. The molecule has 0 aliphatic carbocycles. The van der Waals surface area contributed by atoms with Gasteiger partial charge in [0.1, 0.15) is 0 Å². The lowest BCUT2D eigenvalue weighted by Gasteiger charge is -2.25. The molecule has 0 aromatic carbocycles. The van der Waals surface area contributed by atoms with Crippen molar-refractivity contribution in [1.82, 2.24) is 10.2 Å². The summed E-state index contributed by atoms with van der Waals surface area (Å²) in [7, 11) is 0. The molecular formula is C8H16N2O. The largest absolute Gasteiger partial charge is 0.336 e. The fraction of sp³-hybridized carbons (Fsp3) is 0.875. The van der Waals surface area contributed by atoms with Gasteiger partial charge in [0.05, 0.1) is 0 Å². The van der Waals surface area contributed by atoms with E-state index in [4.69, 9.17) is 0 Å². The number of hydrogen-bond acceptors (Lipinski definition) is 1. The van der Waals surface area contributed by atoms with Gasteiger partial charge in [-0.3, -0.25) is 0 Å². The Hall–Kier alpha value is -0.730. The summed E-state index contributed by atoms with van der Waals surface area (Å²) in [6, 6.07) is 0.448. The van der Waals surface area contributed by atoms with Crippen molar-refractivity contribution in [2.45, 2.75) is 26.8 Å². The molecule has 0 saturated carbocycles. The van der Waals surface area contributed by atoms with Crippen LogP contribution in [-0.2, 0) is 0 Å². The Morgan fingerprint density at radius 3 is 2.45 bits per heavy atom. The summed E-state index contributed by atoms with van der Waals surface area (Å²) in [5.74, 6) is 0.541. The van der Waals surface area contributed by atoms with Crippen molar-refractivity contribution in [3.8, 4) is 0 Å². The minimum atomic E-state index is 0.0891. The summed E-state index contributed by atoms with van der Waals surface area (Å²) in [6.45, 7) is 8.02. The number of amides is 2. The van der Waals surface area contributed by atoms with Crippen molar-refractivity contribution in [2.24, 2.45) is 5.92 Å². The zero-order valence-corrected chi connectivity index (χ0v) is 7.42. The normalized spacial score (nSPS) is 20.7. The highest BCUT2D eigenvalue weighted by molar-refractivity contribution is 5.76. The zero-order chi connectivity index (χ0) is 8.43. The third kappa shape index (κ3) is 1.64. The Morgan fingerprint density at radius 1 is 1.45 bits per heavy atom. The zero-order valence-electron chi connectivity index (χ0n) is 7.42. The van der Waals surface area contributed by atoms with E-state index in [0.717, 1.165) is 13.1 Å². The Balaban J connectivity index is 2.52. The first-order valence-electron chi connectivity index (χ1n) is 4.17. The van der Waals surface area contributed by atoms with Gasteiger partial charge in [-0.2, -0.15) is 0 Å². The van der Waals surface area contributed by atoms with Crippen LogP contribution in [0.1, 0.15) is 20.8 Å². The van der Waals surface area contributed by atoms with Crippen molar-refractivity contribution >= 4 is 6.03 Å². The van der Waals surface area contributed by atoms with Crippen molar-refractivity contribution in [2.75, 3.05) is 13.1 Å². The smallest absolute Gasteiger partial charge is 0.317 e. The minimum absolute atomic E-state index is 0.0891. The molecule has 1 N–H and O–H groups in total. The van der Waals surface area contributed by atoms with E-state index in [1.165, 1.54) is 0 Å². The molecule has 1 heterocycles. The van der Waals surface area contributed by atoms with Gasteiger partial charge >= 0.3 is 6.03 Å². The molecule has 1 rings (SSSR count). The molecule has 64 valence electrons. The van der Waals surface area contributed by atoms with Crippen LogP contribution < -0.4 is 5.32 Å². The molecular weight excluding hydrogens is 140 g/mol. The quantitative estimate of drug-likeness (QED) is 0.637. The Morgan fingerprint density at radius 2 is 2.09 bits per heavy atom. The second kappa shape index (κ2) is 3.11. The van der Waals surface area contributed by atoms with Gasteiger partial charge in [0.2, 0.25) is 0 Å². The number of hydrogen-bond donors (Lipinski definition) is 1. The van der Waals surface area contributed by atoms with Gasteiger partial charge in [-0.15, -0.1) is 0 Å². The molecule has 1 aliphatic heterocycles. The molecule has 0 bridgehead atoms. The van der Waals surface area contributed by atoms with E-state index in [1.807, 2.05) is 4.90 Å². The van der Waals surface area contributed by atoms with E-state index in [0.29, 0.717) is 12.0 Å². The van der Waals surface area contributed by atoms with E-state index in [-0.39, 0.29) is 6.03 Å². The fourth-order valence-corrected chi connectivity index (χ4v) is 1.23. The van der Waals surface area contributed by atoms with E-state index in [1.54, 1.807) is 0 Å². The van der Waals surface area contributed by atoms with Crippen LogP contribution in [0.4, 0.5) is 4.79 Å². The Labute approximate surface area is 67.8 Å². The highest BCUT2D eigenvalue weighted by Crippen LogP contribution is 2.11. The maximum Gasteiger partial charge on any atom is 0.317 e. The van der Waals surface area contributed by atoms with Crippen LogP contribution in [-0.4, -0.2) is 30.1 Å². The molecule has 0 spiro atoms. The number of rotatable bonds is 2. The van der Waals surface area contributed by atoms with Crippen LogP contribution in [0, 0.1) is 5.92 Å². The first kappa shape index (κ1) is 8.37. The number of carbonyl (C=O) groups is 1. The van der Waals surface area contributed by atoms with Gasteiger partial charge in [-0.05, 0) is 12.8 Å². The van der Waals surface area contributed by atoms with Crippen molar-refractivity contribution in [3.63, 3.8) is 0 Å². The monoisotopic (exact) mass is 156 g/mol. The third-order valence-electron chi connectivity index (χ3n) is 2.35. The van der Waals surface area contributed by atoms with Crippen LogP contribution in [0.3, 0.4) is 0 Å². The SMILES string of the molecule is CC(C)C(C)N1CCNC1=O. The van der Waals surface area contributed by atoms with Gasteiger partial charge in [0, 0.05) is 19.1 Å². The van der Waals surface area contributed by atoms with Gasteiger partial charge in [0.15, 0.2) is 0 Å². The lowest BCUT2D eigenvalue weighted by atomic mass is 10.1. The summed E-state index contributed by atoms with van der Waals surface area (Å²) >= 11 is 0. The molecule has 1 atom stereocenters. The molecule has 0 radical (unpaired) electrons. The number of carbonyl (C=O) groups excluding carboxylic acids is 1. The van der Waals surface area contributed by atoms with Crippen molar-refractivity contribution in [1.29, 1.82) is 0 Å². The molecule has 2 amide bonds. The number of urea groups is 1. The summed E-state index contributed by atoms with van der Waals surface area (Å²) < 4.78 is 0. The molecule has 1 unspecified atom stereocenters. The van der Waals surface area contributed by atoms with E-state index in [9.17, 15) is 4.79 Å². The molecule has 11 heavy (non-hydrogen) atoms. The molecule has 0 aromatic rings. The number of nitrogens with one attached hydrogen (secondary N) is 1.